The van der Waals surface area contributed by atoms with Gasteiger partial charge in [0, 0.05) is 11.6 Å². The second-order valence-corrected chi connectivity index (χ2v) is 9.21. The van der Waals surface area contributed by atoms with Crippen LogP contribution in [0.5, 0.6) is 17.2 Å². The highest BCUT2D eigenvalue weighted by Gasteiger charge is 2.19. The normalized spacial score (nSPS) is 10.6. The number of carbonyl (C=O) groups excluding carboxylic acids is 1. The lowest BCUT2D eigenvalue weighted by molar-refractivity contribution is 0.0731. The molecule has 0 unspecified atom stereocenters. The monoisotopic (exact) mass is 500 g/mol. The summed E-state index contributed by atoms with van der Waals surface area (Å²) in [6.45, 7) is 9.01. The summed E-state index contributed by atoms with van der Waals surface area (Å²) in [4.78, 5) is 13.4. The maximum Gasteiger partial charge on any atom is 0.347 e. The maximum atomic E-state index is 13.4. The Morgan fingerprint density at radius 3 is 2.35 bits per heavy atom. The number of hydrogen-bond acceptors (Lipinski definition) is 4. The minimum absolute atomic E-state index is 0.280. The average molecular weight is 501 g/mol. The van der Waals surface area contributed by atoms with Gasteiger partial charge in [-0.05, 0) is 42.2 Å². The average Bonchev–Trinajstić information content (AvgIpc) is 2.92. The molecule has 3 rings (SSSR count). The van der Waals surface area contributed by atoms with Crippen LogP contribution in [0.3, 0.4) is 0 Å². The zero-order valence-corrected chi connectivity index (χ0v) is 22.3. The standard InChI is InChI=1S/C33H40O4/c1-4-7-8-9-10-14-23-35-28-19-21-30(31(25-28)36-22-6-3)33(34)37-32-24-26(15-5-2)18-20-29(32)27-16-12-11-13-17-27/h6,11-13,16-21,24-25H,3-5,7-10,14-15,22-23H2,1-2H3. The fourth-order valence-corrected chi connectivity index (χ4v) is 4.21. The number of ether oxygens (including phenoxy) is 3. The van der Waals surface area contributed by atoms with E-state index in [1.54, 1.807) is 24.3 Å². The molecule has 196 valence electrons. The lowest BCUT2D eigenvalue weighted by Crippen LogP contribution is -2.12. The predicted octanol–water partition coefficient (Wildman–Crippen LogP) is 8.83. The van der Waals surface area contributed by atoms with Crippen molar-refractivity contribution in [2.24, 2.45) is 0 Å². The molecule has 0 amide bonds. The third kappa shape index (κ3) is 8.82. The van der Waals surface area contributed by atoms with Crippen molar-refractivity contribution in [2.45, 2.75) is 65.2 Å². The lowest BCUT2D eigenvalue weighted by atomic mass is 10.0. The van der Waals surface area contributed by atoms with Gasteiger partial charge in [0.2, 0.25) is 0 Å². The van der Waals surface area contributed by atoms with E-state index >= 15 is 0 Å². The van der Waals surface area contributed by atoms with Gasteiger partial charge in [-0.15, -0.1) is 0 Å². The summed E-state index contributed by atoms with van der Waals surface area (Å²) in [7, 11) is 0. The molecule has 0 atom stereocenters. The molecule has 0 bridgehead atoms. The Balaban J connectivity index is 1.77. The van der Waals surface area contributed by atoms with Crippen molar-refractivity contribution in [2.75, 3.05) is 13.2 Å². The molecule has 0 aliphatic rings. The zero-order chi connectivity index (χ0) is 26.3. The summed E-state index contributed by atoms with van der Waals surface area (Å²) in [5.74, 6) is 1.18. The minimum atomic E-state index is -0.465. The highest BCUT2D eigenvalue weighted by atomic mass is 16.5. The van der Waals surface area contributed by atoms with E-state index in [0.29, 0.717) is 29.4 Å². The first kappa shape index (κ1) is 28.0. The molecule has 0 N–H and O–H groups in total. The van der Waals surface area contributed by atoms with Crippen LogP contribution >= 0.6 is 0 Å². The van der Waals surface area contributed by atoms with Crippen LogP contribution in [0.1, 0.15) is 74.7 Å². The third-order valence-corrected chi connectivity index (χ3v) is 6.17. The Bertz CT molecular complexity index is 1120. The van der Waals surface area contributed by atoms with Crippen molar-refractivity contribution in [3.63, 3.8) is 0 Å². The largest absolute Gasteiger partial charge is 0.493 e. The van der Waals surface area contributed by atoms with Crippen molar-refractivity contribution in [3.05, 3.63) is 90.5 Å². The van der Waals surface area contributed by atoms with Gasteiger partial charge in [-0.2, -0.15) is 0 Å². The molecule has 0 heterocycles. The molecule has 0 fully saturated rings. The molecule has 37 heavy (non-hydrogen) atoms. The molecule has 4 nitrogen and oxygen atoms in total. The second-order valence-electron chi connectivity index (χ2n) is 9.21. The van der Waals surface area contributed by atoms with Crippen LogP contribution in [0.15, 0.2) is 79.4 Å². The summed E-state index contributed by atoms with van der Waals surface area (Å²) >= 11 is 0. The first-order chi connectivity index (χ1) is 18.2. The van der Waals surface area contributed by atoms with E-state index in [1.165, 1.54) is 25.7 Å². The summed E-state index contributed by atoms with van der Waals surface area (Å²) in [6.07, 6.45) is 10.8. The van der Waals surface area contributed by atoms with E-state index in [1.807, 2.05) is 42.5 Å². The zero-order valence-electron chi connectivity index (χ0n) is 22.3. The topological polar surface area (TPSA) is 44.8 Å². The Morgan fingerprint density at radius 1 is 0.811 bits per heavy atom. The van der Waals surface area contributed by atoms with Gasteiger partial charge < -0.3 is 14.2 Å². The summed E-state index contributed by atoms with van der Waals surface area (Å²) < 4.78 is 17.8. The molecule has 0 aliphatic heterocycles. The van der Waals surface area contributed by atoms with Gasteiger partial charge in [-0.25, -0.2) is 4.79 Å². The first-order valence-electron chi connectivity index (χ1n) is 13.6. The van der Waals surface area contributed by atoms with Gasteiger partial charge in [-0.1, -0.05) is 107 Å². The van der Waals surface area contributed by atoms with E-state index in [-0.39, 0.29) is 6.61 Å². The number of rotatable bonds is 16. The molecule has 0 radical (unpaired) electrons. The van der Waals surface area contributed by atoms with E-state index in [9.17, 15) is 4.79 Å². The molecular formula is C33H40O4. The molecule has 4 heteroatoms. The van der Waals surface area contributed by atoms with Crippen molar-refractivity contribution in [1.29, 1.82) is 0 Å². The van der Waals surface area contributed by atoms with Gasteiger partial charge in [0.25, 0.3) is 0 Å². The second kappa shape index (κ2) is 15.6. The first-order valence-corrected chi connectivity index (χ1v) is 13.6. The molecule has 3 aromatic carbocycles. The van der Waals surface area contributed by atoms with E-state index < -0.39 is 5.97 Å². The number of aryl methyl sites for hydroxylation is 1. The molecule has 0 spiro atoms. The van der Waals surface area contributed by atoms with Crippen molar-refractivity contribution in [3.8, 4) is 28.4 Å². The van der Waals surface area contributed by atoms with E-state index in [4.69, 9.17) is 14.2 Å². The van der Waals surface area contributed by atoms with Crippen LogP contribution in [0.25, 0.3) is 11.1 Å². The van der Waals surface area contributed by atoms with Gasteiger partial charge in [0.1, 0.15) is 29.4 Å². The maximum absolute atomic E-state index is 13.4. The number of unbranched alkanes of at least 4 members (excludes halogenated alkanes) is 5. The van der Waals surface area contributed by atoms with Crippen molar-refractivity contribution >= 4 is 5.97 Å². The fraction of sp³-hybridized carbons (Fsp3) is 0.364. The minimum Gasteiger partial charge on any atom is -0.493 e. The fourth-order valence-electron chi connectivity index (χ4n) is 4.21. The van der Waals surface area contributed by atoms with Gasteiger partial charge in [0.05, 0.1) is 6.61 Å². The smallest absolute Gasteiger partial charge is 0.347 e. The van der Waals surface area contributed by atoms with Crippen LogP contribution in [0.4, 0.5) is 0 Å². The summed E-state index contributed by atoms with van der Waals surface area (Å²) in [5, 5.41) is 0. The Labute approximate surface area is 222 Å². The van der Waals surface area contributed by atoms with Gasteiger partial charge >= 0.3 is 5.97 Å². The predicted molar refractivity (Wildman–Crippen MR) is 152 cm³/mol. The summed E-state index contributed by atoms with van der Waals surface area (Å²) in [6, 6.07) is 21.3. The molecule has 0 aromatic heterocycles. The van der Waals surface area contributed by atoms with Crippen LogP contribution in [0.2, 0.25) is 0 Å². The Morgan fingerprint density at radius 2 is 1.59 bits per heavy atom. The van der Waals surface area contributed by atoms with Crippen molar-refractivity contribution < 1.29 is 19.0 Å². The molecule has 0 aliphatic carbocycles. The summed E-state index contributed by atoms with van der Waals surface area (Å²) in [5.41, 5.74) is 3.36. The highest BCUT2D eigenvalue weighted by molar-refractivity contribution is 5.95. The molecule has 3 aromatic rings. The van der Waals surface area contributed by atoms with Crippen LogP contribution in [-0.2, 0) is 6.42 Å². The Hall–Kier alpha value is -3.53. The Kier molecular flexibility index (Phi) is 11.8. The van der Waals surface area contributed by atoms with Gasteiger partial charge in [0.15, 0.2) is 0 Å². The molecular weight excluding hydrogens is 460 g/mol. The van der Waals surface area contributed by atoms with Gasteiger partial charge in [-0.3, -0.25) is 0 Å². The SMILES string of the molecule is C=CCOc1cc(OCCCCCCCC)ccc1C(=O)Oc1cc(CCC)ccc1-c1ccccc1. The highest BCUT2D eigenvalue weighted by Crippen LogP contribution is 2.33. The number of benzene rings is 3. The lowest BCUT2D eigenvalue weighted by Gasteiger charge is -2.15. The quantitative estimate of drug-likeness (QED) is 0.0853. The third-order valence-electron chi connectivity index (χ3n) is 6.17. The molecule has 0 saturated carbocycles. The number of esters is 1. The van der Waals surface area contributed by atoms with Crippen LogP contribution < -0.4 is 14.2 Å². The number of carbonyl (C=O) groups is 1. The molecule has 0 saturated heterocycles. The van der Waals surface area contributed by atoms with E-state index in [2.05, 4.69) is 26.5 Å². The van der Waals surface area contributed by atoms with E-state index in [0.717, 1.165) is 42.4 Å². The van der Waals surface area contributed by atoms with Crippen molar-refractivity contribution in [1.82, 2.24) is 0 Å². The van der Waals surface area contributed by atoms with Crippen LogP contribution in [0, 0.1) is 0 Å². The van der Waals surface area contributed by atoms with Crippen LogP contribution in [-0.4, -0.2) is 19.2 Å². The number of hydrogen-bond donors (Lipinski definition) is 0.